The lowest BCUT2D eigenvalue weighted by Gasteiger charge is -2.11. The van der Waals surface area contributed by atoms with Crippen LogP contribution in [0.1, 0.15) is 13.3 Å². The van der Waals surface area contributed by atoms with Crippen LogP contribution < -0.4 is 10.6 Å². The molecule has 0 aromatic heterocycles. The van der Waals surface area contributed by atoms with Gasteiger partial charge in [-0.25, -0.2) is 4.79 Å². The maximum absolute atomic E-state index is 11.1. The minimum absolute atomic E-state index is 0.0357. The minimum atomic E-state index is -1.03. The number of aliphatic carboxylic acids is 1. The van der Waals surface area contributed by atoms with Gasteiger partial charge in [0.25, 0.3) is 0 Å². The molecule has 0 fully saturated rings. The van der Waals surface area contributed by atoms with Crippen molar-refractivity contribution in [3.8, 4) is 12.3 Å². The van der Waals surface area contributed by atoms with Gasteiger partial charge in [-0.2, -0.15) is 0 Å². The van der Waals surface area contributed by atoms with E-state index in [1.54, 1.807) is 6.92 Å². The maximum Gasteiger partial charge on any atom is 0.326 e. The molecule has 0 spiro atoms. The first-order valence-electron chi connectivity index (χ1n) is 4.28. The van der Waals surface area contributed by atoms with E-state index in [4.69, 9.17) is 11.5 Å². The molecular weight excluding hydrogens is 184 g/mol. The number of carboxylic acid groups (broad SMARTS) is 1. The molecule has 0 aliphatic carbocycles. The Labute approximate surface area is 82.9 Å². The van der Waals surface area contributed by atoms with Gasteiger partial charge in [0.1, 0.15) is 6.04 Å². The summed E-state index contributed by atoms with van der Waals surface area (Å²) in [6, 6.07) is -0.824. The molecule has 0 aromatic carbocycles. The molecule has 0 bridgehead atoms. The lowest BCUT2D eigenvalue weighted by atomic mass is 10.2. The quantitative estimate of drug-likeness (QED) is 0.385. The zero-order chi connectivity index (χ0) is 11.0. The van der Waals surface area contributed by atoms with Gasteiger partial charge in [-0.05, 0) is 6.42 Å². The predicted molar refractivity (Wildman–Crippen MR) is 51.6 cm³/mol. The molecule has 78 valence electrons. The summed E-state index contributed by atoms with van der Waals surface area (Å²) in [5, 5.41) is 13.6. The van der Waals surface area contributed by atoms with Gasteiger partial charge in [0.05, 0.1) is 13.1 Å². The topological polar surface area (TPSA) is 78.4 Å². The lowest BCUT2D eigenvalue weighted by molar-refractivity contribution is -0.141. The van der Waals surface area contributed by atoms with Crippen molar-refractivity contribution in [3.05, 3.63) is 0 Å². The predicted octanol–water partition coefficient (Wildman–Crippen LogP) is -0.811. The summed E-state index contributed by atoms with van der Waals surface area (Å²) < 4.78 is 0. The van der Waals surface area contributed by atoms with Gasteiger partial charge in [-0.1, -0.05) is 12.8 Å². The Bertz CT molecular complexity index is 245. The number of nitrogens with one attached hydrogen (secondary N) is 2. The summed E-state index contributed by atoms with van der Waals surface area (Å²) >= 11 is 0. The molecule has 0 aromatic rings. The van der Waals surface area contributed by atoms with E-state index in [1.807, 2.05) is 0 Å². The fourth-order valence-electron chi connectivity index (χ4n) is 0.832. The van der Waals surface area contributed by atoms with Crippen LogP contribution in [0.15, 0.2) is 0 Å². The highest BCUT2D eigenvalue weighted by atomic mass is 16.4. The zero-order valence-corrected chi connectivity index (χ0v) is 8.04. The summed E-state index contributed by atoms with van der Waals surface area (Å²) in [6.45, 7) is 2.01. The molecule has 0 radical (unpaired) electrons. The standard InChI is InChI=1S/C9H14N2O3/c1-3-5-10-6-8(12)11-7(4-2)9(13)14/h1,7,10H,4-6H2,2H3,(H,11,12)(H,13,14)/t7-/m1/s1. The average molecular weight is 198 g/mol. The average Bonchev–Trinajstić information content (AvgIpc) is 2.14. The molecule has 1 atom stereocenters. The summed E-state index contributed by atoms with van der Waals surface area (Å²) in [5.41, 5.74) is 0. The Morgan fingerprint density at radius 2 is 2.21 bits per heavy atom. The number of carbonyl (C=O) groups is 2. The molecule has 0 rings (SSSR count). The van der Waals surface area contributed by atoms with Crippen LogP contribution in [-0.2, 0) is 9.59 Å². The van der Waals surface area contributed by atoms with Crippen molar-refractivity contribution in [1.82, 2.24) is 10.6 Å². The monoisotopic (exact) mass is 198 g/mol. The molecule has 0 aliphatic heterocycles. The van der Waals surface area contributed by atoms with E-state index in [9.17, 15) is 9.59 Å². The third-order valence-corrected chi connectivity index (χ3v) is 1.55. The van der Waals surface area contributed by atoms with E-state index >= 15 is 0 Å². The van der Waals surface area contributed by atoms with E-state index < -0.39 is 12.0 Å². The molecule has 0 heterocycles. The van der Waals surface area contributed by atoms with Gasteiger partial charge in [0.15, 0.2) is 0 Å². The van der Waals surface area contributed by atoms with Crippen molar-refractivity contribution in [2.45, 2.75) is 19.4 Å². The van der Waals surface area contributed by atoms with Crippen LogP contribution >= 0.6 is 0 Å². The van der Waals surface area contributed by atoms with E-state index in [-0.39, 0.29) is 19.0 Å². The fraction of sp³-hybridized carbons (Fsp3) is 0.556. The number of hydrogen-bond donors (Lipinski definition) is 3. The highest BCUT2D eigenvalue weighted by Crippen LogP contribution is 1.89. The van der Waals surface area contributed by atoms with Crippen LogP contribution in [-0.4, -0.2) is 36.1 Å². The number of hydrogen-bond acceptors (Lipinski definition) is 3. The largest absolute Gasteiger partial charge is 0.480 e. The smallest absolute Gasteiger partial charge is 0.326 e. The first-order valence-corrected chi connectivity index (χ1v) is 4.28. The maximum atomic E-state index is 11.1. The van der Waals surface area contributed by atoms with Crippen molar-refractivity contribution >= 4 is 11.9 Å². The van der Waals surface area contributed by atoms with Crippen molar-refractivity contribution in [2.24, 2.45) is 0 Å². The van der Waals surface area contributed by atoms with Gasteiger partial charge in [-0.3, -0.25) is 10.1 Å². The summed E-state index contributed by atoms with van der Waals surface area (Å²) in [4.78, 5) is 21.6. The van der Waals surface area contributed by atoms with Crippen molar-refractivity contribution < 1.29 is 14.7 Å². The highest BCUT2D eigenvalue weighted by molar-refractivity contribution is 5.84. The molecule has 1 amide bonds. The summed E-state index contributed by atoms with van der Waals surface area (Å²) in [6.07, 6.45) is 5.31. The summed E-state index contributed by atoms with van der Waals surface area (Å²) in [7, 11) is 0. The normalized spacial score (nSPS) is 11.4. The lowest BCUT2D eigenvalue weighted by Crippen LogP contribution is -2.44. The van der Waals surface area contributed by atoms with Crippen molar-refractivity contribution in [2.75, 3.05) is 13.1 Å². The van der Waals surface area contributed by atoms with Gasteiger partial charge in [0, 0.05) is 0 Å². The Morgan fingerprint density at radius 3 is 2.64 bits per heavy atom. The van der Waals surface area contributed by atoms with Crippen LogP contribution in [0.5, 0.6) is 0 Å². The van der Waals surface area contributed by atoms with E-state index in [0.717, 1.165) is 0 Å². The number of carbonyl (C=O) groups excluding carboxylic acids is 1. The Hall–Kier alpha value is -1.54. The second kappa shape index (κ2) is 6.92. The molecule has 5 heteroatoms. The molecule has 0 aliphatic rings. The van der Waals surface area contributed by atoms with E-state index in [1.165, 1.54) is 0 Å². The van der Waals surface area contributed by atoms with Crippen molar-refractivity contribution in [1.29, 1.82) is 0 Å². The Kier molecular flexibility index (Phi) is 6.16. The third-order valence-electron chi connectivity index (χ3n) is 1.55. The molecule has 14 heavy (non-hydrogen) atoms. The molecule has 5 nitrogen and oxygen atoms in total. The van der Waals surface area contributed by atoms with Crippen LogP contribution in [0, 0.1) is 12.3 Å². The molecule has 3 N–H and O–H groups in total. The number of terminal acetylenes is 1. The second-order valence-electron chi connectivity index (χ2n) is 2.67. The molecule has 0 saturated carbocycles. The molecule has 0 unspecified atom stereocenters. The fourth-order valence-corrected chi connectivity index (χ4v) is 0.832. The second-order valence-corrected chi connectivity index (χ2v) is 2.67. The molecular formula is C9H14N2O3. The highest BCUT2D eigenvalue weighted by Gasteiger charge is 2.16. The van der Waals surface area contributed by atoms with Crippen molar-refractivity contribution in [3.63, 3.8) is 0 Å². The van der Waals surface area contributed by atoms with Gasteiger partial charge >= 0.3 is 5.97 Å². The first-order chi connectivity index (χ1) is 6.61. The number of rotatable bonds is 6. The van der Waals surface area contributed by atoms with Crippen LogP contribution in [0.3, 0.4) is 0 Å². The van der Waals surface area contributed by atoms with E-state index in [0.29, 0.717) is 6.42 Å². The number of carboxylic acids is 1. The summed E-state index contributed by atoms with van der Waals surface area (Å²) in [5.74, 6) is 0.910. The third kappa shape index (κ3) is 5.17. The van der Waals surface area contributed by atoms with Crippen LogP contribution in [0.4, 0.5) is 0 Å². The minimum Gasteiger partial charge on any atom is -0.480 e. The Balaban J connectivity index is 3.80. The van der Waals surface area contributed by atoms with Crippen LogP contribution in [0.2, 0.25) is 0 Å². The molecule has 0 saturated heterocycles. The zero-order valence-electron chi connectivity index (χ0n) is 8.04. The van der Waals surface area contributed by atoms with Gasteiger partial charge < -0.3 is 10.4 Å². The Morgan fingerprint density at radius 1 is 1.57 bits per heavy atom. The van der Waals surface area contributed by atoms with Gasteiger partial charge in [-0.15, -0.1) is 6.42 Å². The van der Waals surface area contributed by atoms with Gasteiger partial charge in [0.2, 0.25) is 5.91 Å². The van der Waals surface area contributed by atoms with E-state index in [2.05, 4.69) is 16.6 Å². The number of amides is 1. The van der Waals surface area contributed by atoms with Crippen LogP contribution in [0.25, 0.3) is 0 Å². The first kappa shape index (κ1) is 12.5. The SMILES string of the molecule is C#CCNCC(=O)N[C@H](CC)C(=O)O.